The lowest BCUT2D eigenvalue weighted by atomic mass is 10.2. The number of hydrogen-bond acceptors (Lipinski definition) is 4. The van der Waals surface area contributed by atoms with E-state index >= 15 is 0 Å². The summed E-state index contributed by atoms with van der Waals surface area (Å²) in [5, 5.41) is 9.35. The predicted octanol–water partition coefficient (Wildman–Crippen LogP) is 1.34. The fourth-order valence-corrected chi connectivity index (χ4v) is 1.94. The van der Waals surface area contributed by atoms with Crippen molar-refractivity contribution in [1.82, 2.24) is 0 Å². The molecule has 1 aromatic rings. The van der Waals surface area contributed by atoms with Gasteiger partial charge < -0.3 is 9.84 Å². The Balaban J connectivity index is 3.29. The van der Waals surface area contributed by atoms with Crippen LogP contribution < -0.4 is 4.74 Å². The van der Waals surface area contributed by atoms with Gasteiger partial charge in [0.25, 0.3) is 10.1 Å². The van der Waals surface area contributed by atoms with Crippen molar-refractivity contribution in [1.29, 1.82) is 0 Å². The van der Waals surface area contributed by atoms with Gasteiger partial charge in [-0.2, -0.15) is 8.42 Å². The second-order valence-corrected chi connectivity index (χ2v) is 5.15. The van der Waals surface area contributed by atoms with E-state index in [0.29, 0.717) is 4.47 Å². The maximum Gasteiger partial charge on any atom is 0.296 e. The van der Waals surface area contributed by atoms with E-state index in [1.165, 1.54) is 19.2 Å². The smallest absolute Gasteiger partial charge is 0.296 e. The molecule has 1 unspecified atom stereocenters. The van der Waals surface area contributed by atoms with Gasteiger partial charge in [-0.1, -0.05) is 15.9 Å². The van der Waals surface area contributed by atoms with E-state index in [9.17, 15) is 13.5 Å². The molecule has 15 heavy (non-hydrogen) atoms. The topological polar surface area (TPSA) is 83.8 Å². The maximum atomic E-state index is 10.7. The Morgan fingerprint density at radius 2 is 2.07 bits per heavy atom. The lowest BCUT2D eigenvalue weighted by Crippen LogP contribution is -2.12. The van der Waals surface area contributed by atoms with Crippen molar-refractivity contribution in [3.8, 4) is 5.75 Å². The summed E-state index contributed by atoms with van der Waals surface area (Å²) in [6.45, 7) is 0. The van der Waals surface area contributed by atoms with E-state index in [4.69, 9.17) is 9.29 Å². The lowest BCUT2D eigenvalue weighted by Gasteiger charge is -2.12. The van der Waals surface area contributed by atoms with Crippen LogP contribution in [0.3, 0.4) is 0 Å². The minimum Gasteiger partial charge on any atom is -0.496 e. The standard InChI is InChI=1S/C8H9BrO5S/c1-14-7-3-2-5(9)4-6(7)8(10)15(11,12)13/h2-4,8,10H,1H3,(H,11,12,13). The lowest BCUT2D eigenvalue weighted by molar-refractivity contribution is 0.232. The van der Waals surface area contributed by atoms with E-state index in [1.54, 1.807) is 6.07 Å². The van der Waals surface area contributed by atoms with Crippen molar-refractivity contribution in [3.05, 3.63) is 28.2 Å². The Bertz CT molecular complexity index is 456. The minimum absolute atomic E-state index is 0.0191. The van der Waals surface area contributed by atoms with Gasteiger partial charge in [0, 0.05) is 10.0 Å². The summed E-state index contributed by atoms with van der Waals surface area (Å²) in [6.07, 6.45) is 0. The molecule has 5 nitrogen and oxygen atoms in total. The van der Waals surface area contributed by atoms with E-state index in [0.717, 1.165) is 0 Å². The SMILES string of the molecule is COc1ccc(Br)cc1C(O)S(=O)(=O)O. The number of methoxy groups -OCH3 is 1. The molecule has 2 N–H and O–H groups in total. The van der Waals surface area contributed by atoms with Gasteiger partial charge in [-0.3, -0.25) is 4.55 Å². The highest BCUT2D eigenvalue weighted by molar-refractivity contribution is 9.10. The molecule has 0 saturated carbocycles. The summed E-state index contributed by atoms with van der Waals surface area (Å²) in [7, 11) is -3.21. The van der Waals surface area contributed by atoms with Crippen LogP contribution >= 0.6 is 15.9 Å². The molecule has 0 aliphatic rings. The van der Waals surface area contributed by atoms with Crippen molar-refractivity contribution in [3.63, 3.8) is 0 Å². The van der Waals surface area contributed by atoms with Crippen molar-refractivity contribution in [2.45, 2.75) is 5.44 Å². The molecule has 84 valence electrons. The van der Waals surface area contributed by atoms with Crippen LogP contribution in [0.15, 0.2) is 22.7 Å². The molecule has 0 heterocycles. The molecule has 0 spiro atoms. The third kappa shape index (κ3) is 2.91. The quantitative estimate of drug-likeness (QED) is 0.822. The van der Waals surface area contributed by atoms with Gasteiger partial charge in [0.05, 0.1) is 7.11 Å². The molecule has 0 amide bonds. The molecule has 1 rings (SSSR count). The normalized spacial score (nSPS) is 13.6. The summed E-state index contributed by atoms with van der Waals surface area (Å²) in [4.78, 5) is 0. The molecular formula is C8H9BrO5S. The molecule has 0 aromatic heterocycles. The predicted molar refractivity (Wildman–Crippen MR) is 57.2 cm³/mol. The third-order valence-electron chi connectivity index (χ3n) is 1.74. The van der Waals surface area contributed by atoms with Crippen LogP contribution in [-0.2, 0) is 10.1 Å². The third-order valence-corrected chi connectivity index (χ3v) is 3.05. The zero-order chi connectivity index (χ0) is 11.6. The van der Waals surface area contributed by atoms with Gasteiger partial charge >= 0.3 is 0 Å². The van der Waals surface area contributed by atoms with Gasteiger partial charge in [-0.05, 0) is 18.2 Å². The summed E-state index contributed by atoms with van der Waals surface area (Å²) in [6, 6.07) is 4.46. The molecule has 1 aromatic carbocycles. The number of benzene rings is 1. The molecule has 0 bridgehead atoms. The van der Waals surface area contributed by atoms with Crippen LogP contribution in [0.1, 0.15) is 11.0 Å². The molecule has 0 saturated heterocycles. The second kappa shape index (κ2) is 4.48. The largest absolute Gasteiger partial charge is 0.496 e. The molecule has 1 atom stereocenters. The van der Waals surface area contributed by atoms with Crippen molar-refractivity contribution < 1.29 is 22.8 Å². The molecular weight excluding hydrogens is 288 g/mol. The number of aliphatic hydroxyl groups is 1. The minimum atomic E-state index is -4.55. The zero-order valence-corrected chi connectivity index (χ0v) is 10.1. The molecule has 7 heteroatoms. The van der Waals surface area contributed by atoms with Crippen LogP contribution in [0.4, 0.5) is 0 Å². The van der Waals surface area contributed by atoms with Crippen LogP contribution in [-0.4, -0.2) is 25.2 Å². The number of hydrogen-bond donors (Lipinski definition) is 2. The Labute approximate surface area is 95.6 Å². The van der Waals surface area contributed by atoms with Gasteiger partial charge in [0.1, 0.15) is 5.75 Å². The van der Waals surface area contributed by atoms with Crippen LogP contribution in [0.5, 0.6) is 5.75 Å². The van der Waals surface area contributed by atoms with E-state index in [-0.39, 0.29) is 11.3 Å². The monoisotopic (exact) mass is 296 g/mol. The highest BCUT2D eigenvalue weighted by Gasteiger charge is 2.25. The fourth-order valence-electron chi connectivity index (χ4n) is 1.06. The Hall–Kier alpha value is -0.630. The fraction of sp³-hybridized carbons (Fsp3) is 0.250. The van der Waals surface area contributed by atoms with Crippen LogP contribution in [0, 0.1) is 0 Å². The molecule has 0 aliphatic heterocycles. The van der Waals surface area contributed by atoms with Crippen molar-refractivity contribution >= 4 is 26.0 Å². The van der Waals surface area contributed by atoms with Gasteiger partial charge in [-0.15, -0.1) is 0 Å². The van der Waals surface area contributed by atoms with Crippen molar-refractivity contribution in [2.75, 3.05) is 7.11 Å². The second-order valence-electron chi connectivity index (χ2n) is 2.75. The van der Waals surface area contributed by atoms with Crippen molar-refractivity contribution in [2.24, 2.45) is 0 Å². The Morgan fingerprint density at radius 3 is 2.53 bits per heavy atom. The number of aliphatic hydroxyl groups excluding tert-OH is 1. The van der Waals surface area contributed by atoms with Gasteiger partial charge in [0.15, 0.2) is 0 Å². The molecule has 0 fully saturated rings. The number of ether oxygens (including phenoxy) is 1. The summed E-state index contributed by atoms with van der Waals surface area (Å²) >= 11 is 3.12. The van der Waals surface area contributed by atoms with E-state index in [2.05, 4.69) is 15.9 Å². The summed E-state index contributed by atoms with van der Waals surface area (Å²) < 4.78 is 35.6. The van der Waals surface area contributed by atoms with E-state index in [1.807, 2.05) is 0 Å². The maximum absolute atomic E-state index is 10.7. The zero-order valence-electron chi connectivity index (χ0n) is 7.71. The molecule has 0 radical (unpaired) electrons. The summed E-state index contributed by atoms with van der Waals surface area (Å²) in [5.74, 6) is 0.184. The van der Waals surface area contributed by atoms with Crippen LogP contribution in [0.25, 0.3) is 0 Å². The van der Waals surface area contributed by atoms with Gasteiger partial charge in [-0.25, -0.2) is 0 Å². The number of halogens is 1. The highest BCUT2D eigenvalue weighted by atomic mass is 79.9. The Kier molecular flexibility index (Phi) is 3.72. The number of rotatable bonds is 3. The first-order chi connectivity index (χ1) is 6.86. The molecule has 0 aliphatic carbocycles. The van der Waals surface area contributed by atoms with E-state index < -0.39 is 15.6 Å². The first-order valence-corrected chi connectivity index (χ1v) is 6.13. The average molecular weight is 297 g/mol. The summed E-state index contributed by atoms with van der Waals surface area (Å²) in [5.41, 5.74) is -2.03. The Morgan fingerprint density at radius 1 is 1.47 bits per heavy atom. The first kappa shape index (κ1) is 12.4. The van der Waals surface area contributed by atoms with Crippen LogP contribution in [0.2, 0.25) is 0 Å². The van der Waals surface area contributed by atoms with Gasteiger partial charge in [0.2, 0.25) is 5.44 Å². The highest BCUT2D eigenvalue weighted by Crippen LogP contribution is 2.30. The average Bonchev–Trinajstić information content (AvgIpc) is 2.15. The first-order valence-electron chi connectivity index (χ1n) is 3.84.